The van der Waals surface area contributed by atoms with Crippen molar-refractivity contribution in [3.05, 3.63) is 150 Å². The molecule has 3 nitrogen and oxygen atoms in total. The molecule has 0 amide bonds. The molecule has 0 radical (unpaired) electrons. The van der Waals surface area contributed by atoms with E-state index in [1.165, 1.54) is 143 Å². The molecule has 0 saturated heterocycles. The lowest BCUT2D eigenvalue weighted by atomic mass is 9.33. The maximum atomic E-state index is 2.85. The average molecular weight is 948 g/mol. The van der Waals surface area contributed by atoms with Crippen molar-refractivity contribution in [1.82, 2.24) is 4.57 Å². The van der Waals surface area contributed by atoms with Gasteiger partial charge in [-0.1, -0.05) is 161 Å². The molecule has 6 heterocycles. The number of aromatic nitrogens is 1. The Morgan fingerprint density at radius 2 is 1.13 bits per heavy atom. The number of nitrogens with zero attached hydrogens (tertiary/aromatic N) is 3. The van der Waals surface area contributed by atoms with Gasteiger partial charge < -0.3 is 14.4 Å². The standard InChI is InChI=1S/C64H62BN3S2/c1-60(2,3)37-26-28-48-45(32-37)63(10)29-16-17-30-64(63,11)68(48)40-35-51-55-52(36-40)67-56-44(59-57(67)43-20-13-15-24-54(43)70-59)31-39(62(7,8)9)33-47(56)65(55)46-27-25-38(61(4,5)6)34-50(46)66(51)49-22-18-21-42-41-19-12-14-23-53(41)69-58(42)49/h12-15,18-28,31-36H,16-17,29-30H2,1-11H3. The van der Waals surface area contributed by atoms with E-state index in [0.29, 0.717) is 0 Å². The number of fused-ring (bicyclic) bond motifs is 15. The van der Waals surface area contributed by atoms with Crippen LogP contribution in [0.25, 0.3) is 57.1 Å². The Bertz CT molecular complexity index is 3920. The normalized spacial score (nSPS) is 19.7. The van der Waals surface area contributed by atoms with Crippen LogP contribution in [0.3, 0.4) is 0 Å². The summed E-state index contributed by atoms with van der Waals surface area (Å²) < 4.78 is 8.16. The number of benzene rings is 7. The SMILES string of the molecule is CC(C)(C)c1ccc2c(c1)N(c1cccc3c1sc1ccccc13)c1cc(N3c4ccc(C(C)(C)C)cc4C4(C)CCCCC34C)cc3c1B2c1cc(C(C)(C)C)cc2c4sc5ccccc5c4n-3c12. The average Bonchev–Trinajstić information content (AvgIpc) is 4.04. The number of hydrogen-bond acceptors (Lipinski definition) is 4. The number of rotatable bonds is 2. The minimum absolute atomic E-state index is 0.0123. The van der Waals surface area contributed by atoms with Gasteiger partial charge in [0.2, 0.25) is 0 Å². The Kier molecular flexibility index (Phi) is 8.59. The molecule has 2 unspecified atom stereocenters. The molecule has 1 aliphatic carbocycles. The van der Waals surface area contributed by atoms with E-state index in [-0.39, 0.29) is 33.9 Å². The van der Waals surface area contributed by atoms with E-state index >= 15 is 0 Å². The summed E-state index contributed by atoms with van der Waals surface area (Å²) in [5.74, 6) is 0. The lowest BCUT2D eigenvalue weighted by Crippen LogP contribution is -2.61. The van der Waals surface area contributed by atoms with Gasteiger partial charge >= 0.3 is 0 Å². The fraction of sp³-hybridized carbons (Fsp3) is 0.312. The second-order valence-electron chi connectivity index (χ2n) is 24.9. The van der Waals surface area contributed by atoms with Crippen LogP contribution >= 0.6 is 22.7 Å². The van der Waals surface area contributed by atoms with Crippen molar-refractivity contribution in [2.45, 2.75) is 129 Å². The van der Waals surface area contributed by atoms with Crippen molar-refractivity contribution < 1.29 is 0 Å². The van der Waals surface area contributed by atoms with Crippen LogP contribution in [0.15, 0.2) is 127 Å². The molecule has 10 aromatic rings. The van der Waals surface area contributed by atoms with Gasteiger partial charge in [0.05, 0.1) is 31.7 Å². The van der Waals surface area contributed by atoms with E-state index in [0.717, 1.165) is 6.42 Å². The van der Waals surface area contributed by atoms with Gasteiger partial charge in [0.25, 0.3) is 6.71 Å². The Balaban J connectivity index is 1.17. The predicted octanol–water partition coefficient (Wildman–Crippen LogP) is 16.6. The van der Waals surface area contributed by atoms with E-state index in [1.54, 1.807) is 0 Å². The van der Waals surface area contributed by atoms with Crippen molar-refractivity contribution in [2.24, 2.45) is 0 Å². The molecule has 1 fully saturated rings. The maximum absolute atomic E-state index is 2.85. The molecular formula is C64H62BN3S2. The van der Waals surface area contributed by atoms with Crippen LogP contribution in [0.4, 0.5) is 28.4 Å². The van der Waals surface area contributed by atoms with Crippen molar-refractivity contribution in [3.8, 4) is 5.69 Å². The van der Waals surface area contributed by atoms with Crippen molar-refractivity contribution in [1.29, 1.82) is 0 Å². The van der Waals surface area contributed by atoms with Crippen molar-refractivity contribution >= 4 is 126 Å². The largest absolute Gasteiger partial charge is 0.334 e. The zero-order valence-corrected chi connectivity index (χ0v) is 44.3. The molecule has 348 valence electrons. The Labute approximate surface area is 421 Å². The molecular weight excluding hydrogens is 886 g/mol. The second kappa shape index (κ2) is 14.0. The van der Waals surface area contributed by atoms with Crippen LogP contribution < -0.4 is 26.2 Å². The third kappa shape index (κ3) is 5.58. The molecule has 7 aromatic carbocycles. The van der Waals surface area contributed by atoms with Gasteiger partial charge in [-0.15, -0.1) is 22.7 Å². The van der Waals surface area contributed by atoms with Gasteiger partial charge in [-0.05, 0) is 123 Å². The summed E-state index contributed by atoms with van der Waals surface area (Å²) in [6.07, 6.45) is 4.82. The van der Waals surface area contributed by atoms with Crippen LogP contribution in [0.5, 0.6) is 0 Å². The van der Waals surface area contributed by atoms with Gasteiger partial charge in [0.15, 0.2) is 0 Å². The first kappa shape index (κ1) is 43.0. The van der Waals surface area contributed by atoms with E-state index in [4.69, 9.17) is 0 Å². The molecule has 6 heteroatoms. The first-order valence-electron chi connectivity index (χ1n) is 25.8. The summed E-state index contributed by atoms with van der Waals surface area (Å²) in [5.41, 5.74) is 20.3. The third-order valence-corrected chi connectivity index (χ3v) is 20.2. The van der Waals surface area contributed by atoms with Crippen LogP contribution in [-0.2, 0) is 21.7 Å². The molecule has 14 rings (SSSR count). The summed E-state index contributed by atoms with van der Waals surface area (Å²) in [4.78, 5) is 5.58. The van der Waals surface area contributed by atoms with Gasteiger partial charge in [-0.2, -0.15) is 0 Å². The van der Waals surface area contributed by atoms with Gasteiger partial charge in [0, 0.05) is 64.8 Å². The summed E-state index contributed by atoms with van der Waals surface area (Å²) in [5, 5.41) is 5.38. The molecule has 2 atom stereocenters. The van der Waals surface area contributed by atoms with Gasteiger partial charge in [-0.25, -0.2) is 0 Å². The van der Waals surface area contributed by atoms with E-state index < -0.39 is 0 Å². The molecule has 3 aromatic heterocycles. The lowest BCUT2D eigenvalue weighted by molar-refractivity contribution is 0.195. The van der Waals surface area contributed by atoms with Crippen LogP contribution in [0, 0.1) is 0 Å². The smallest absolute Gasteiger partial charge is 0.252 e. The highest BCUT2D eigenvalue weighted by Crippen LogP contribution is 2.62. The molecule has 0 bridgehead atoms. The third-order valence-electron chi connectivity index (χ3n) is 17.8. The lowest BCUT2D eigenvalue weighted by Gasteiger charge is -2.51. The zero-order chi connectivity index (χ0) is 48.2. The summed E-state index contributed by atoms with van der Waals surface area (Å²) in [6, 6.07) is 50.8. The molecule has 70 heavy (non-hydrogen) atoms. The van der Waals surface area contributed by atoms with Crippen LogP contribution in [0.1, 0.15) is 124 Å². The minimum atomic E-state index is -0.128. The van der Waals surface area contributed by atoms with Gasteiger partial charge in [-0.3, -0.25) is 0 Å². The molecule has 1 saturated carbocycles. The molecule has 3 aliphatic heterocycles. The van der Waals surface area contributed by atoms with Crippen LogP contribution in [0.2, 0.25) is 0 Å². The highest BCUT2D eigenvalue weighted by Gasteiger charge is 2.58. The summed E-state index contributed by atoms with van der Waals surface area (Å²) in [7, 11) is 0. The monoisotopic (exact) mass is 947 g/mol. The first-order valence-corrected chi connectivity index (χ1v) is 27.5. The van der Waals surface area contributed by atoms with Crippen LogP contribution in [-0.4, -0.2) is 16.8 Å². The molecule has 0 spiro atoms. The van der Waals surface area contributed by atoms with E-state index in [1.807, 2.05) is 22.7 Å². The fourth-order valence-corrected chi connectivity index (χ4v) is 16.2. The van der Waals surface area contributed by atoms with Crippen molar-refractivity contribution in [3.63, 3.8) is 0 Å². The van der Waals surface area contributed by atoms with Gasteiger partial charge in [0.1, 0.15) is 0 Å². The summed E-state index contributed by atoms with van der Waals surface area (Å²) >= 11 is 3.92. The van der Waals surface area contributed by atoms with Crippen molar-refractivity contribution in [2.75, 3.05) is 9.80 Å². The van der Waals surface area contributed by atoms with E-state index in [9.17, 15) is 0 Å². The highest BCUT2D eigenvalue weighted by atomic mass is 32.1. The minimum Gasteiger partial charge on any atom is -0.334 e. The quantitative estimate of drug-likeness (QED) is 0.160. The number of anilines is 5. The highest BCUT2D eigenvalue weighted by molar-refractivity contribution is 7.27. The Morgan fingerprint density at radius 3 is 1.89 bits per heavy atom. The maximum Gasteiger partial charge on any atom is 0.252 e. The first-order chi connectivity index (χ1) is 33.3. The molecule has 4 aliphatic rings. The zero-order valence-electron chi connectivity index (χ0n) is 42.7. The Morgan fingerprint density at radius 1 is 0.486 bits per heavy atom. The summed E-state index contributed by atoms with van der Waals surface area (Å²) in [6.45, 7) is 26.7. The molecule has 0 N–H and O–H groups in total. The number of hydrogen-bond donors (Lipinski definition) is 0. The predicted molar refractivity (Wildman–Crippen MR) is 307 cm³/mol. The topological polar surface area (TPSA) is 11.4 Å². The Hall–Kier alpha value is -5.82. The number of thiophene rings is 2. The fourth-order valence-electron chi connectivity index (χ4n) is 13.8. The second-order valence-corrected chi connectivity index (χ2v) is 27.0. The van der Waals surface area contributed by atoms with E-state index in [2.05, 4.69) is 218 Å².